The SMILES string of the molecule is O=C(O)N1CCN[C@H](c2ncc[nH]2)C1. The largest absolute Gasteiger partial charge is 0.465 e. The van der Waals surface area contributed by atoms with Gasteiger partial charge < -0.3 is 20.3 Å². The highest BCUT2D eigenvalue weighted by molar-refractivity contribution is 5.65. The van der Waals surface area contributed by atoms with Crippen molar-refractivity contribution in [2.24, 2.45) is 0 Å². The number of amides is 1. The van der Waals surface area contributed by atoms with Crippen molar-refractivity contribution in [3.8, 4) is 0 Å². The van der Waals surface area contributed by atoms with Crippen molar-refractivity contribution in [2.75, 3.05) is 19.6 Å². The first kappa shape index (κ1) is 9.01. The van der Waals surface area contributed by atoms with Gasteiger partial charge in [0.25, 0.3) is 0 Å². The maximum Gasteiger partial charge on any atom is 0.407 e. The second kappa shape index (κ2) is 3.67. The Hall–Kier alpha value is -1.56. The predicted octanol–water partition coefficient (Wildman–Crippen LogP) is 0.0340. The number of rotatable bonds is 1. The Morgan fingerprint density at radius 2 is 2.57 bits per heavy atom. The van der Waals surface area contributed by atoms with Gasteiger partial charge in [0.05, 0.1) is 6.04 Å². The number of hydrogen-bond acceptors (Lipinski definition) is 3. The molecule has 1 saturated heterocycles. The molecule has 6 heteroatoms. The van der Waals surface area contributed by atoms with Crippen LogP contribution in [0, 0.1) is 0 Å². The number of hydrogen-bond donors (Lipinski definition) is 3. The van der Waals surface area contributed by atoms with Crippen LogP contribution in [0.4, 0.5) is 4.79 Å². The summed E-state index contributed by atoms with van der Waals surface area (Å²) >= 11 is 0. The lowest BCUT2D eigenvalue weighted by Gasteiger charge is -2.30. The van der Waals surface area contributed by atoms with Crippen LogP contribution in [0.25, 0.3) is 0 Å². The third kappa shape index (κ3) is 1.69. The van der Waals surface area contributed by atoms with Crippen molar-refractivity contribution < 1.29 is 9.90 Å². The van der Waals surface area contributed by atoms with Gasteiger partial charge in [-0.15, -0.1) is 0 Å². The molecule has 3 N–H and O–H groups in total. The highest BCUT2D eigenvalue weighted by atomic mass is 16.4. The number of imidazole rings is 1. The smallest absolute Gasteiger partial charge is 0.407 e. The van der Waals surface area contributed by atoms with E-state index >= 15 is 0 Å². The van der Waals surface area contributed by atoms with Crippen LogP contribution in [0.3, 0.4) is 0 Å². The Labute approximate surface area is 80.9 Å². The van der Waals surface area contributed by atoms with Crippen molar-refractivity contribution in [2.45, 2.75) is 6.04 Å². The van der Waals surface area contributed by atoms with E-state index in [0.717, 1.165) is 5.82 Å². The van der Waals surface area contributed by atoms with E-state index in [2.05, 4.69) is 15.3 Å². The molecule has 2 heterocycles. The summed E-state index contributed by atoms with van der Waals surface area (Å²) in [6.07, 6.45) is 2.52. The first-order chi connectivity index (χ1) is 6.77. The van der Waals surface area contributed by atoms with Crippen molar-refractivity contribution in [3.63, 3.8) is 0 Å². The number of nitrogens with zero attached hydrogens (tertiary/aromatic N) is 2. The zero-order chi connectivity index (χ0) is 9.97. The summed E-state index contributed by atoms with van der Waals surface area (Å²) in [5.41, 5.74) is 0. The number of aromatic amines is 1. The van der Waals surface area contributed by atoms with Crippen LogP contribution in [-0.4, -0.2) is 45.7 Å². The van der Waals surface area contributed by atoms with Gasteiger partial charge >= 0.3 is 6.09 Å². The Morgan fingerprint density at radius 3 is 3.21 bits per heavy atom. The van der Waals surface area contributed by atoms with E-state index in [1.165, 1.54) is 4.90 Å². The molecule has 0 radical (unpaired) electrons. The fourth-order valence-electron chi connectivity index (χ4n) is 1.57. The van der Waals surface area contributed by atoms with E-state index < -0.39 is 6.09 Å². The molecule has 0 aliphatic carbocycles. The molecule has 1 fully saturated rings. The van der Waals surface area contributed by atoms with Crippen molar-refractivity contribution in [1.82, 2.24) is 20.2 Å². The van der Waals surface area contributed by atoms with E-state index in [-0.39, 0.29) is 6.04 Å². The minimum Gasteiger partial charge on any atom is -0.465 e. The first-order valence-corrected chi connectivity index (χ1v) is 4.48. The van der Waals surface area contributed by atoms with Crippen LogP contribution in [-0.2, 0) is 0 Å². The van der Waals surface area contributed by atoms with Gasteiger partial charge in [0, 0.05) is 32.0 Å². The lowest BCUT2D eigenvalue weighted by Crippen LogP contribution is -2.48. The number of piperazine rings is 1. The minimum atomic E-state index is -0.872. The van der Waals surface area contributed by atoms with Gasteiger partial charge in [-0.2, -0.15) is 0 Å². The number of carboxylic acid groups (broad SMARTS) is 1. The van der Waals surface area contributed by atoms with Gasteiger partial charge in [0.2, 0.25) is 0 Å². The summed E-state index contributed by atoms with van der Waals surface area (Å²) in [6, 6.07) is -0.0187. The van der Waals surface area contributed by atoms with Gasteiger partial charge in [0.15, 0.2) is 0 Å². The Balaban J connectivity index is 2.04. The maximum atomic E-state index is 10.7. The van der Waals surface area contributed by atoms with Gasteiger partial charge in [-0.25, -0.2) is 9.78 Å². The zero-order valence-corrected chi connectivity index (χ0v) is 7.60. The molecule has 1 aromatic rings. The summed E-state index contributed by atoms with van der Waals surface area (Å²) in [5.74, 6) is 0.788. The van der Waals surface area contributed by atoms with Crippen molar-refractivity contribution >= 4 is 6.09 Å². The molecule has 0 aromatic carbocycles. The van der Waals surface area contributed by atoms with Crippen LogP contribution < -0.4 is 5.32 Å². The summed E-state index contributed by atoms with van der Waals surface area (Å²) in [4.78, 5) is 19.2. The maximum absolute atomic E-state index is 10.7. The third-order valence-corrected chi connectivity index (χ3v) is 2.30. The monoisotopic (exact) mass is 196 g/mol. The number of aromatic nitrogens is 2. The van der Waals surface area contributed by atoms with Crippen LogP contribution in [0.2, 0.25) is 0 Å². The second-order valence-electron chi connectivity index (χ2n) is 3.21. The molecule has 1 amide bonds. The lowest BCUT2D eigenvalue weighted by molar-refractivity contribution is 0.128. The van der Waals surface area contributed by atoms with Gasteiger partial charge in [-0.1, -0.05) is 0 Å². The van der Waals surface area contributed by atoms with Crippen LogP contribution >= 0.6 is 0 Å². The van der Waals surface area contributed by atoms with Crippen LogP contribution in [0.15, 0.2) is 12.4 Å². The molecule has 1 aliphatic rings. The topological polar surface area (TPSA) is 81.2 Å². The molecule has 2 rings (SSSR count). The fourth-order valence-corrected chi connectivity index (χ4v) is 1.57. The minimum absolute atomic E-state index is 0.0187. The van der Waals surface area contributed by atoms with Gasteiger partial charge in [0.1, 0.15) is 5.82 Å². The second-order valence-corrected chi connectivity index (χ2v) is 3.21. The zero-order valence-electron chi connectivity index (χ0n) is 7.60. The molecule has 0 bridgehead atoms. The van der Waals surface area contributed by atoms with Crippen molar-refractivity contribution in [3.05, 3.63) is 18.2 Å². The number of carbonyl (C=O) groups is 1. The number of nitrogens with one attached hydrogen (secondary N) is 2. The lowest BCUT2D eigenvalue weighted by atomic mass is 10.2. The molecule has 1 atom stereocenters. The average molecular weight is 196 g/mol. The van der Waals surface area contributed by atoms with Gasteiger partial charge in [-0.3, -0.25) is 0 Å². The van der Waals surface area contributed by atoms with Crippen LogP contribution in [0.1, 0.15) is 11.9 Å². The Kier molecular flexibility index (Phi) is 2.36. The molecule has 0 saturated carbocycles. The highest BCUT2D eigenvalue weighted by Gasteiger charge is 2.24. The molecule has 6 nitrogen and oxygen atoms in total. The van der Waals surface area contributed by atoms with E-state index in [1.54, 1.807) is 12.4 Å². The molecule has 1 aliphatic heterocycles. The summed E-state index contributed by atoms with van der Waals surface area (Å²) in [5, 5.41) is 12.0. The summed E-state index contributed by atoms with van der Waals surface area (Å²) in [7, 11) is 0. The molecule has 76 valence electrons. The third-order valence-electron chi connectivity index (χ3n) is 2.30. The normalized spacial score (nSPS) is 22.3. The number of H-pyrrole nitrogens is 1. The quantitative estimate of drug-likeness (QED) is 0.592. The van der Waals surface area contributed by atoms with E-state index in [9.17, 15) is 4.79 Å². The molecule has 14 heavy (non-hydrogen) atoms. The predicted molar refractivity (Wildman–Crippen MR) is 48.9 cm³/mol. The first-order valence-electron chi connectivity index (χ1n) is 4.48. The average Bonchev–Trinajstić information content (AvgIpc) is 2.71. The van der Waals surface area contributed by atoms with Crippen LogP contribution in [0.5, 0.6) is 0 Å². The van der Waals surface area contributed by atoms with Crippen molar-refractivity contribution in [1.29, 1.82) is 0 Å². The Bertz CT molecular complexity index is 311. The van der Waals surface area contributed by atoms with E-state index in [4.69, 9.17) is 5.11 Å². The molecule has 1 aromatic heterocycles. The summed E-state index contributed by atoms with van der Waals surface area (Å²) in [6.45, 7) is 1.65. The van der Waals surface area contributed by atoms with Gasteiger partial charge in [-0.05, 0) is 0 Å². The highest BCUT2D eigenvalue weighted by Crippen LogP contribution is 2.12. The van der Waals surface area contributed by atoms with E-state index in [0.29, 0.717) is 19.6 Å². The summed E-state index contributed by atoms with van der Waals surface area (Å²) < 4.78 is 0. The molecule has 0 spiro atoms. The standard InChI is InChI=1S/C8H12N4O2/c13-8(14)12-4-3-9-6(5-12)7-10-1-2-11-7/h1-2,6,9H,3-5H2,(H,10,11)(H,13,14)/t6-/m0/s1. The van der Waals surface area contributed by atoms with E-state index in [1.807, 2.05) is 0 Å². The molecule has 0 unspecified atom stereocenters. The Morgan fingerprint density at radius 1 is 1.71 bits per heavy atom. The fraction of sp³-hybridized carbons (Fsp3) is 0.500. The molecular formula is C8H12N4O2. The molecular weight excluding hydrogens is 184 g/mol.